The van der Waals surface area contributed by atoms with Gasteiger partial charge in [0.25, 0.3) is 5.56 Å². The topological polar surface area (TPSA) is 64.0 Å². The Bertz CT molecular complexity index is 1050. The minimum atomic E-state index is -0.225. The highest BCUT2D eigenvalue weighted by molar-refractivity contribution is 7.99. The number of amides is 1. The van der Waals surface area contributed by atoms with Gasteiger partial charge in [0.05, 0.1) is 5.75 Å². The van der Waals surface area contributed by atoms with Crippen molar-refractivity contribution in [2.75, 3.05) is 11.1 Å². The monoisotopic (exact) mass is 393 g/mol. The molecule has 0 radical (unpaired) electrons. The number of benzene rings is 2. The zero-order chi connectivity index (χ0) is 20.3. The van der Waals surface area contributed by atoms with Gasteiger partial charge in [-0.2, -0.15) is 0 Å². The molecule has 0 saturated carbocycles. The van der Waals surface area contributed by atoms with Crippen LogP contribution in [0.3, 0.4) is 0 Å². The molecule has 0 aliphatic carbocycles. The molecule has 0 saturated heterocycles. The first-order chi connectivity index (χ1) is 13.3. The van der Waals surface area contributed by atoms with Crippen LogP contribution in [0.1, 0.15) is 22.3 Å². The van der Waals surface area contributed by atoms with Gasteiger partial charge in [0.2, 0.25) is 5.91 Å². The van der Waals surface area contributed by atoms with E-state index in [1.165, 1.54) is 0 Å². The summed E-state index contributed by atoms with van der Waals surface area (Å²) in [6.45, 7) is 7.97. The van der Waals surface area contributed by atoms with Crippen molar-refractivity contribution in [3.8, 4) is 5.69 Å². The van der Waals surface area contributed by atoms with E-state index in [0.717, 1.165) is 45.4 Å². The van der Waals surface area contributed by atoms with Crippen LogP contribution in [0.15, 0.2) is 58.6 Å². The van der Waals surface area contributed by atoms with Gasteiger partial charge in [0.15, 0.2) is 5.03 Å². The second-order valence-electron chi connectivity index (χ2n) is 6.97. The lowest BCUT2D eigenvalue weighted by atomic mass is 10.1. The zero-order valence-corrected chi connectivity index (χ0v) is 17.3. The maximum Gasteiger partial charge on any atom is 0.287 e. The van der Waals surface area contributed by atoms with Crippen molar-refractivity contribution in [1.82, 2.24) is 9.55 Å². The second kappa shape index (κ2) is 8.44. The van der Waals surface area contributed by atoms with Gasteiger partial charge in [-0.05, 0) is 74.2 Å². The Morgan fingerprint density at radius 2 is 1.54 bits per heavy atom. The highest BCUT2D eigenvalue weighted by Crippen LogP contribution is 2.17. The molecule has 2 aromatic carbocycles. The van der Waals surface area contributed by atoms with Crippen LogP contribution in [0.5, 0.6) is 0 Å². The lowest BCUT2D eigenvalue weighted by Crippen LogP contribution is -2.22. The first-order valence-electron chi connectivity index (χ1n) is 8.99. The first-order valence-corrected chi connectivity index (χ1v) is 9.97. The van der Waals surface area contributed by atoms with Crippen molar-refractivity contribution in [2.45, 2.75) is 32.7 Å². The summed E-state index contributed by atoms with van der Waals surface area (Å²) in [4.78, 5) is 29.3. The smallest absolute Gasteiger partial charge is 0.287 e. The predicted octanol–water partition coefficient (Wildman–Crippen LogP) is 4.20. The number of hydrogen-bond donors (Lipinski definition) is 1. The van der Waals surface area contributed by atoms with Gasteiger partial charge in [-0.15, -0.1) is 0 Å². The van der Waals surface area contributed by atoms with E-state index >= 15 is 0 Å². The van der Waals surface area contributed by atoms with Crippen LogP contribution >= 0.6 is 11.8 Å². The van der Waals surface area contributed by atoms with E-state index in [1.54, 1.807) is 17.0 Å². The van der Waals surface area contributed by atoms with Crippen LogP contribution in [0.2, 0.25) is 0 Å². The zero-order valence-electron chi connectivity index (χ0n) is 16.4. The summed E-state index contributed by atoms with van der Waals surface area (Å²) in [5, 5.41) is 3.18. The molecular formula is C22H23N3O2S. The van der Waals surface area contributed by atoms with E-state index in [9.17, 15) is 9.59 Å². The van der Waals surface area contributed by atoms with Crippen molar-refractivity contribution >= 4 is 23.4 Å². The average Bonchev–Trinajstić information content (AvgIpc) is 2.59. The van der Waals surface area contributed by atoms with E-state index < -0.39 is 0 Å². The summed E-state index contributed by atoms with van der Waals surface area (Å²) < 4.78 is 1.57. The highest BCUT2D eigenvalue weighted by Gasteiger charge is 2.11. The largest absolute Gasteiger partial charge is 0.325 e. The number of hydrogen-bond acceptors (Lipinski definition) is 4. The number of anilines is 1. The Balaban J connectivity index is 1.74. The molecule has 3 rings (SSSR count). The molecule has 6 heteroatoms. The Morgan fingerprint density at radius 3 is 2.14 bits per heavy atom. The Kier molecular flexibility index (Phi) is 5.99. The third-order valence-electron chi connectivity index (χ3n) is 4.14. The molecule has 1 N–H and O–H groups in total. The highest BCUT2D eigenvalue weighted by atomic mass is 32.2. The number of carbonyl (C=O) groups is 1. The number of nitrogens with zero attached hydrogens (tertiary/aromatic N) is 2. The molecule has 5 nitrogen and oxygen atoms in total. The number of carbonyl (C=O) groups excluding carboxylic acids is 1. The maximum atomic E-state index is 12.8. The van der Waals surface area contributed by atoms with Crippen molar-refractivity contribution in [2.24, 2.45) is 0 Å². The third kappa shape index (κ3) is 4.89. The molecule has 1 heterocycles. The Labute approximate surface area is 168 Å². The molecule has 0 bridgehead atoms. The molecular weight excluding hydrogens is 370 g/mol. The van der Waals surface area contributed by atoms with Crippen LogP contribution in [-0.2, 0) is 4.79 Å². The van der Waals surface area contributed by atoms with E-state index in [-0.39, 0.29) is 17.2 Å². The van der Waals surface area contributed by atoms with Gasteiger partial charge in [-0.1, -0.05) is 23.9 Å². The SMILES string of the molecule is Cc1cc(C)cc(NC(=O)CSc2nccn(-c3cc(C)cc(C)c3)c2=O)c1. The molecule has 0 fully saturated rings. The van der Waals surface area contributed by atoms with Crippen molar-refractivity contribution < 1.29 is 4.79 Å². The average molecular weight is 394 g/mol. The molecule has 0 spiro atoms. The molecule has 144 valence electrons. The summed E-state index contributed by atoms with van der Waals surface area (Å²) in [5.74, 6) is -0.0514. The van der Waals surface area contributed by atoms with E-state index in [4.69, 9.17) is 0 Å². The normalized spacial score (nSPS) is 10.7. The lowest BCUT2D eigenvalue weighted by molar-refractivity contribution is -0.113. The van der Waals surface area contributed by atoms with Crippen LogP contribution < -0.4 is 10.9 Å². The van der Waals surface area contributed by atoms with E-state index in [1.807, 2.05) is 58.0 Å². The molecule has 3 aromatic rings. The van der Waals surface area contributed by atoms with Crippen LogP contribution in [0.25, 0.3) is 5.69 Å². The lowest BCUT2D eigenvalue weighted by Gasteiger charge is -2.10. The van der Waals surface area contributed by atoms with Crippen LogP contribution in [0, 0.1) is 27.7 Å². The number of thioether (sulfide) groups is 1. The molecule has 0 atom stereocenters. The number of aromatic nitrogens is 2. The van der Waals surface area contributed by atoms with Gasteiger partial charge in [0, 0.05) is 23.8 Å². The molecule has 0 aliphatic heterocycles. The van der Waals surface area contributed by atoms with Gasteiger partial charge in [-0.3, -0.25) is 14.2 Å². The van der Waals surface area contributed by atoms with Gasteiger partial charge in [-0.25, -0.2) is 4.98 Å². The number of nitrogens with one attached hydrogen (secondary N) is 1. The van der Waals surface area contributed by atoms with Crippen molar-refractivity contribution in [1.29, 1.82) is 0 Å². The summed E-state index contributed by atoms with van der Waals surface area (Å²) in [5.41, 5.74) is 5.68. The van der Waals surface area contributed by atoms with Crippen LogP contribution in [0.4, 0.5) is 5.69 Å². The second-order valence-corrected chi connectivity index (χ2v) is 7.93. The molecule has 0 unspecified atom stereocenters. The van der Waals surface area contributed by atoms with E-state index in [0.29, 0.717) is 5.03 Å². The standard InChI is InChI=1S/C22H23N3O2S/c1-14-7-15(2)10-18(9-14)24-20(26)13-28-21-22(27)25(6-5-23-21)19-11-16(3)8-17(4)12-19/h5-12H,13H2,1-4H3,(H,24,26). The Morgan fingerprint density at radius 1 is 0.964 bits per heavy atom. The molecule has 1 aromatic heterocycles. The number of rotatable bonds is 5. The van der Waals surface area contributed by atoms with Crippen molar-refractivity contribution in [3.63, 3.8) is 0 Å². The third-order valence-corrected chi connectivity index (χ3v) is 5.10. The quantitative estimate of drug-likeness (QED) is 0.660. The fourth-order valence-electron chi connectivity index (χ4n) is 3.16. The van der Waals surface area contributed by atoms with Gasteiger partial charge in [0.1, 0.15) is 0 Å². The van der Waals surface area contributed by atoms with E-state index in [2.05, 4.69) is 16.4 Å². The summed E-state index contributed by atoms with van der Waals surface area (Å²) in [7, 11) is 0. The minimum absolute atomic E-state index is 0.117. The summed E-state index contributed by atoms with van der Waals surface area (Å²) in [6, 6.07) is 11.9. The molecule has 1 amide bonds. The van der Waals surface area contributed by atoms with Crippen LogP contribution in [-0.4, -0.2) is 21.2 Å². The maximum absolute atomic E-state index is 12.8. The summed E-state index contributed by atoms with van der Waals surface area (Å²) in [6.07, 6.45) is 3.24. The predicted molar refractivity (Wildman–Crippen MR) is 115 cm³/mol. The minimum Gasteiger partial charge on any atom is -0.325 e. The first kappa shape index (κ1) is 19.9. The number of aryl methyl sites for hydroxylation is 4. The van der Waals surface area contributed by atoms with Gasteiger partial charge >= 0.3 is 0 Å². The fraction of sp³-hybridized carbons (Fsp3) is 0.227. The molecule has 0 aliphatic rings. The fourth-order valence-corrected chi connectivity index (χ4v) is 3.86. The Hall–Kier alpha value is -2.86. The van der Waals surface area contributed by atoms with Gasteiger partial charge < -0.3 is 5.32 Å². The van der Waals surface area contributed by atoms with Crippen molar-refractivity contribution in [3.05, 3.63) is 81.4 Å². The molecule has 28 heavy (non-hydrogen) atoms. The summed E-state index contributed by atoms with van der Waals surface area (Å²) >= 11 is 1.14.